The van der Waals surface area contributed by atoms with Crippen molar-refractivity contribution in [3.8, 4) is 5.75 Å². The van der Waals surface area contributed by atoms with E-state index in [-0.39, 0.29) is 11.1 Å². The predicted octanol–water partition coefficient (Wildman–Crippen LogP) is 11.9. The second-order valence-corrected chi connectivity index (χ2v) is 73.3. The molecule has 0 atom stereocenters. The summed E-state index contributed by atoms with van der Waals surface area (Å²) in [6, 6.07) is 7.64. The Morgan fingerprint density at radius 3 is 0.833 bits per heavy atom. The van der Waals surface area contributed by atoms with Gasteiger partial charge >= 0.3 is 27.1 Å². The van der Waals surface area contributed by atoms with Crippen LogP contribution in [0.25, 0.3) is 5.76 Å². The first-order valence-electron chi connectivity index (χ1n) is 21.0. The van der Waals surface area contributed by atoms with Gasteiger partial charge < -0.3 is 50.3 Å². The molecule has 0 heterocycles. The molecule has 25 heteroatoms. The summed E-state index contributed by atoms with van der Waals surface area (Å²) in [6.07, 6.45) is 0. The van der Waals surface area contributed by atoms with E-state index in [4.69, 9.17) is 50.3 Å². The molecule has 1 rings (SSSR count). The second-order valence-electron chi connectivity index (χ2n) is 23.9. The Balaban J connectivity index is 4.75. The Morgan fingerprint density at radius 2 is 0.567 bits per heavy atom. The summed E-state index contributed by atoms with van der Waals surface area (Å²) in [5.41, 5.74) is 0.517. The van der Waals surface area contributed by atoms with Crippen LogP contribution in [0.4, 0.5) is 0 Å². The Labute approximate surface area is 383 Å². The van der Waals surface area contributed by atoms with Gasteiger partial charge in [-0.05, 0) is 189 Å². The fourth-order valence-electron chi connectivity index (χ4n) is 5.15. The number of hydrogen-bond donors (Lipinski definition) is 0. The molecule has 0 fully saturated rings. The predicted molar refractivity (Wildman–Crippen MR) is 279 cm³/mol. The molecule has 1 aromatic carbocycles. The van der Waals surface area contributed by atoms with Gasteiger partial charge in [0.25, 0.3) is 0 Å². The minimum absolute atomic E-state index is 0.178. The third kappa shape index (κ3) is 24.9. The molecular formula is C35H85O12Si13. The summed E-state index contributed by atoms with van der Waals surface area (Å²) in [6.45, 7) is 57.1. The molecule has 0 unspecified atom stereocenters. The van der Waals surface area contributed by atoms with Crippen LogP contribution in [0.5, 0.6) is 5.75 Å². The van der Waals surface area contributed by atoms with Gasteiger partial charge in [-0.1, -0.05) is 12.1 Å². The monoisotopic (exact) mass is 1060 g/mol. The van der Waals surface area contributed by atoms with Crippen molar-refractivity contribution in [1.29, 1.82) is 0 Å². The van der Waals surface area contributed by atoms with Crippen LogP contribution < -0.4 is 4.43 Å². The van der Waals surface area contributed by atoms with E-state index < -0.39 is 102 Å². The van der Waals surface area contributed by atoms with Gasteiger partial charge in [-0.3, -0.25) is 0 Å². The lowest BCUT2D eigenvalue weighted by molar-refractivity contribution is 0.113. The van der Waals surface area contributed by atoms with Crippen LogP contribution in [0, 0.1) is 0 Å². The highest BCUT2D eigenvalue weighted by atomic mass is 28.5. The molecular weight excluding hydrogens is 977 g/mol. The summed E-state index contributed by atoms with van der Waals surface area (Å²) in [7, 11) is -29.5. The van der Waals surface area contributed by atoms with Crippen molar-refractivity contribution in [3.05, 3.63) is 35.2 Å². The molecule has 0 bridgehead atoms. The molecule has 0 aromatic heterocycles. The standard InChI is InChI=1S/C35H85O12Si13/c1-49(2,3)39-58(40-50(4,5)6,41-51(7,8)9)36-33-31-29-28-30-32(33)34(37-59(42-52(10,11)12,43-53(13,14)15)44-54(16,17)18)35(48)38-60(45-55(19,20)21,46-56(22,23)24)47-57(25,26)27/h28-31H,1-27H3. The maximum absolute atomic E-state index is 7.42. The van der Waals surface area contributed by atoms with Crippen molar-refractivity contribution < 1.29 is 50.3 Å². The summed E-state index contributed by atoms with van der Waals surface area (Å²) in [4.78, 5) is 0. The Bertz CT molecular complexity index is 1450. The maximum Gasteiger partial charge on any atom is 0.717 e. The van der Waals surface area contributed by atoms with E-state index in [0.717, 1.165) is 0 Å². The average molecular weight is 1060 g/mol. The lowest BCUT2D eigenvalue weighted by Gasteiger charge is -2.43. The van der Waals surface area contributed by atoms with E-state index in [9.17, 15) is 0 Å². The van der Waals surface area contributed by atoms with Crippen LogP contribution in [0.1, 0.15) is 5.56 Å². The van der Waals surface area contributed by atoms with E-state index in [0.29, 0.717) is 11.3 Å². The highest BCUT2D eigenvalue weighted by molar-refractivity contribution is 6.90. The quantitative estimate of drug-likeness (QED) is 0.0687. The molecule has 0 aliphatic rings. The third-order valence-electron chi connectivity index (χ3n) is 5.91. The summed E-state index contributed by atoms with van der Waals surface area (Å²) >= 11 is 0. The maximum atomic E-state index is 7.42. The largest absolute Gasteiger partial charge is 0.717 e. The SMILES string of the molecule is C[Si](C)(C)O[Si](OC([Si])=C(O[Si](O[Si](C)(C)C)(O[Si](C)(C)C)O[Si](C)(C)C)c1ccccc1O[Si](O[Si](C)(C)C)(O[Si](C)(C)C)O[Si](C)(C)C)(O[Si](C)(C)C)O[Si](C)(C)C. The third-order valence-corrected chi connectivity index (χ3v) is 38.9. The highest BCUT2D eigenvalue weighted by Crippen LogP contribution is 2.40. The molecule has 3 radical (unpaired) electrons. The average Bonchev–Trinajstić information content (AvgIpc) is 2.82. The highest BCUT2D eigenvalue weighted by Gasteiger charge is 2.60. The van der Waals surface area contributed by atoms with Crippen molar-refractivity contribution in [3.63, 3.8) is 0 Å². The molecule has 0 aliphatic carbocycles. The number of benzene rings is 1. The molecule has 0 saturated heterocycles. The number of rotatable bonds is 25. The lowest BCUT2D eigenvalue weighted by atomic mass is 10.2. The van der Waals surface area contributed by atoms with Crippen molar-refractivity contribution in [1.82, 2.24) is 0 Å². The van der Waals surface area contributed by atoms with Crippen LogP contribution >= 0.6 is 0 Å². The van der Waals surface area contributed by atoms with Crippen LogP contribution in [-0.4, -0.2) is 112 Å². The zero-order valence-corrected chi connectivity index (χ0v) is 55.7. The minimum Gasteiger partial charge on any atom is -0.487 e. The molecule has 0 N–H and O–H groups in total. The number of hydrogen-bond acceptors (Lipinski definition) is 12. The number of para-hydroxylation sites is 1. The van der Waals surface area contributed by atoms with Crippen molar-refractivity contribution >= 4 is 118 Å². The van der Waals surface area contributed by atoms with E-state index in [1.807, 2.05) is 24.3 Å². The molecule has 0 saturated carbocycles. The van der Waals surface area contributed by atoms with E-state index in [2.05, 4.69) is 187 Å². The smallest absolute Gasteiger partial charge is 0.487 e. The normalized spacial score (nSPS) is 15.5. The fraction of sp³-hybridized carbons (Fsp3) is 0.771. The summed E-state index contributed by atoms with van der Waals surface area (Å²) in [5.74, 6) is 0.649. The van der Waals surface area contributed by atoms with Crippen LogP contribution in [0.3, 0.4) is 0 Å². The Hall–Kier alpha value is 0.819. The zero-order chi connectivity index (χ0) is 47.6. The van der Waals surface area contributed by atoms with Crippen molar-refractivity contribution in [2.75, 3.05) is 0 Å². The molecule has 1 aromatic rings. The van der Waals surface area contributed by atoms with E-state index >= 15 is 0 Å². The first-order valence-corrected chi connectivity index (χ1v) is 57.0. The summed E-state index contributed by atoms with van der Waals surface area (Å²) in [5, 5.41) is 0.178. The molecule has 60 heavy (non-hydrogen) atoms. The van der Waals surface area contributed by atoms with E-state index in [1.165, 1.54) is 0 Å². The summed E-state index contributed by atoms with van der Waals surface area (Å²) < 4.78 is 85.2. The zero-order valence-electron chi connectivity index (χ0n) is 42.7. The minimum atomic E-state index is -4.10. The van der Waals surface area contributed by atoms with Crippen LogP contribution in [-0.2, 0) is 45.9 Å². The van der Waals surface area contributed by atoms with Gasteiger partial charge in [-0.25, -0.2) is 0 Å². The van der Waals surface area contributed by atoms with Gasteiger partial charge in [-0.2, -0.15) is 0 Å². The van der Waals surface area contributed by atoms with Crippen LogP contribution in [0.2, 0.25) is 177 Å². The lowest BCUT2D eigenvalue weighted by Crippen LogP contribution is -2.64. The Kier molecular flexibility index (Phi) is 20.0. The first kappa shape index (κ1) is 58.8. The topological polar surface area (TPSA) is 111 Å². The van der Waals surface area contributed by atoms with Gasteiger partial charge in [0, 0.05) is 0 Å². The second kappa shape index (κ2) is 20.4. The first-order chi connectivity index (χ1) is 26.0. The van der Waals surface area contributed by atoms with Gasteiger partial charge in [0.05, 0.1) is 10.9 Å². The fourth-order valence-corrected chi connectivity index (χ4v) is 40.4. The van der Waals surface area contributed by atoms with Gasteiger partial charge in [0.1, 0.15) is 16.0 Å². The Morgan fingerprint density at radius 1 is 0.333 bits per heavy atom. The van der Waals surface area contributed by atoms with Gasteiger partial charge in [-0.15, -0.1) is 0 Å². The van der Waals surface area contributed by atoms with E-state index in [1.54, 1.807) is 0 Å². The molecule has 349 valence electrons. The molecule has 0 spiro atoms. The molecule has 12 nitrogen and oxygen atoms in total. The van der Waals surface area contributed by atoms with Gasteiger partial charge in [0.2, 0.25) is 0 Å². The van der Waals surface area contributed by atoms with Gasteiger partial charge in [0.15, 0.2) is 80.6 Å². The van der Waals surface area contributed by atoms with Crippen molar-refractivity contribution in [2.45, 2.75) is 177 Å². The molecule has 0 aliphatic heterocycles. The van der Waals surface area contributed by atoms with Crippen LogP contribution in [0.15, 0.2) is 29.6 Å². The van der Waals surface area contributed by atoms with Crippen molar-refractivity contribution in [2.24, 2.45) is 0 Å². The molecule has 0 amide bonds.